The van der Waals surface area contributed by atoms with E-state index in [-0.39, 0.29) is 17.5 Å². The zero-order valence-corrected chi connectivity index (χ0v) is 13.2. The summed E-state index contributed by atoms with van der Waals surface area (Å²) >= 11 is 0. The lowest BCUT2D eigenvalue weighted by Crippen LogP contribution is -2.44. The van der Waals surface area contributed by atoms with E-state index in [9.17, 15) is 13.5 Å². The van der Waals surface area contributed by atoms with Crippen LogP contribution >= 0.6 is 0 Å². The van der Waals surface area contributed by atoms with Gasteiger partial charge in [0.2, 0.25) is 10.0 Å². The number of aliphatic hydroxyl groups excluding tert-OH is 1. The minimum absolute atomic E-state index is 0.0371. The van der Waals surface area contributed by atoms with Crippen LogP contribution in [-0.2, 0) is 16.6 Å². The van der Waals surface area contributed by atoms with E-state index >= 15 is 0 Å². The fraction of sp³-hybridized carbons (Fsp3) is 0.600. The first kappa shape index (κ1) is 15.5. The molecule has 0 spiro atoms. The second-order valence-corrected chi connectivity index (χ2v) is 7.74. The fourth-order valence-corrected chi connectivity index (χ4v) is 4.53. The summed E-state index contributed by atoms with van der Waals surface area (Å²) in [7, 11) is -3.47. The molecule has 0 bridgehead atoms. The van der Waals surface area contributed by atoms with Crippen LogP contribution in [0, 0.1) is 12.8 Å². The summed E-state index contributed by atoms with van der Waals surface area (Å²) in [6, 6.07) is 5.03. The summed E-state index contributed by atoms with van der Waals surface area (Å²) in [5, 5.41) is 9.30. The molecule has 2 rings (SSSR count). The van der Waals surface area contributed by atoms with E-state index < -0.39 is 10.0 Å². The van der Waals surface area contributed by atoms with Crippen LogP contribution in [0.1, 0.15) is 37.8 Å². The van der Waals surface area contributed by atoms with Crippen LogP contribution in [-0.4, -0.2) is 30.4 Å². The summed E-state index contributed by atoms with van der Waals surface area (Å²) in [6.45, 7) is 6.35. The second-order valence-electron chi connectivity index (χ2n) is 5.85. The van der Waals surface area contributed by atoms with Crippen molar-refractivity contribution in [2.75, 3.05) is 6.54 Å². The Morgan fingerprint density at radius 3 is 2.65 bits per heavy atom. The number of aliphatic hydroxyl groups is 1. The summed E-state index contributed by atoms with van der Waals surface area (Å²) in [4.78, 5) is 0.285. The van der Waals surface area contributed by atoms with Gasteiger partial charge in [-0.3, -0.25) is 0 Å². The largest absolute Gasteiger partial charge is 0.392 e. The highest BCUT2D eigenvalue weighted by atomic mass is 32.2. The van der Waals surface area contributed by atoms with Crippen molar-refractivity contribution in [1.29, 1.82) is 0 Å². The van der Waals surface area contributed by atoms with Crippen LogP contribution < -0.4 is 0 Å². The molecule has 0 radical (unpaired) electrons. The molecular weight excluding hydrogens is 274 g/mol. The van der Waals surface area contributed by atoms with Gasteiger partial charge < -0.3 is 5.11 Å². The monoisotopic (exact) mass is 297 g/mol. The average Bonchev–Trinajstić information content (AvgIpc) is 2.41. The first-order chi connectivity index (χ1) is 9.36. The minimum Gasteiger partial charge on any atom is -0.392 e. The van der Waals surface area contributed by atoms with E-state index in [1.165, 1.54) is 0 Å². The van der Waals surface area contributed by atoms with Crippen LogP contribution in [0.15, 0.2) is 23.1 Å². The molecule has 112 valence electrons. The normalized spacial score (nSPS) is 24.8. The van der Waals surface area contributed by atoms with Gasteiger partial charge >= 0.3 is 0 Å². The number of rotatable bonds is 3. The maximum atomic E-state index is 12.8. The lowest BCUT2D eigenvalue weighted by molar-refractivity contribution is 0.218. The Bertz CT molecular complexity index is 583. The number of hydrogen-bond acceptors (Lipinski definition) is 3. The van der Waals surface area contributed by atoms with Gasteiger partial charge in [0.25, 0.3) is 0 Å². The molecule has 1 saturated heterocycles. The molecule has 1 aliphatic rings. The molecule has 0 aromatic heterocycles. The molecule has 1 N–H and O–H groups in total. The van der Waals surface area contributed by atoms with E-state index in [4.69, 9.17) is 0 Å². The fourth-order valence-electron chi connectivity index (χ4n) is 2.70. The number of nitrogens with zero attached hydrogens (tertiary/aromatic N) is 1. The van der Waals surface area contributed by atoms with Crippen molar-refractivity contribution in [2.45, 2.75) is 51.2 Å². The molecule has 2 atom stereocenters. The molecule has 1 aliphatic heterocycles. The topological polar surface area (TPSA) is 57.6 Å². The summed E-state index contributed by atoms with van der Waals surface area (Å²) in [5.41, 5.74) is 1.58. The van der Waals surface area contributed by atoms with Crippen molar-refractivity contribution in [1.82, 2.24) is 4.31 Å². The van der Waals surface area contributed by atoms with Crippen LogP contribution in [0.2, 0.25) is 0 Å². The van der Waals surface area contributed by atoms with Crippen molar-refractivity contribution in [3.63, 3.8) is 0 Å². The Morgan fingerprint density at radius 1 is 1.30 bits per heavy atom. The molecule has 1 aromatic carbocycles. The maximum Gasteiger partial charge on any atom is 0.243 e. The summed E-state index contributed by atoms with van der Waals surface area (Å²) < 4.78 is 27.1. The van der Waals surface area contributed by atoms with Gasteiger partial charge in [-0.25, -0.2) is 8.42 Å². The van der Waals surface area contributed by atoms with E-state index in [0.29, 0.717) is 18.0 Å². The molecule has 1 heterocycles. The van der Waals surface area contributed by atoms with Gasteiger partial charge in [-0.1, -0.05) is 13.0 Å². The third kappa shape index (κ3) is 2.90. The van der Waals surface area contributed by atoms with Crippen LogP contribution in [0.3, 0.4) is 0 Å². The highest BCUT2D eigenvalue weighted by molar-refractivity contribution is 7.89. The average molecular weight is 297 g/mol. The molecule has 4 nitrogen and oxygen atoms in total. The quantitative estimate of drug-likeness (QED) is 0.931. The number of aryl methyl sites for hydroxylation is 1. The Labute approximate surface area is 121 Å². The van der Waals surface area contributed by atoms with Gasteiger partial charge in [-0.05, 0) is 55.9 Å². The predicted molar refractivity (Wildman–Crippen MR) is 78.9 cm³/mol. The first-order valence-corrected chi connectivity index (χ1v) is 8.52. The Morgan fingerprint density at radius 2 is 2.00 bits per heavy atom. The van der Waals surface area contributed by atoms with E-state index in [2.05, 4.69) is 6.92 Å². The number of piperidine rings is 1. The summed E-state index contributed by atoms with van der Waals surface area (Å²) in [5.74, 6) is 0.392. The Hall–Kier alpha value is -0.910. The molecule has 0 amide bonds. The zero-order chi connectivity index (χ0) is 14.9. The molecular formula is C15H23NO3S. The zero-order valence-electron chi connectivity index (χ0n) is 12.3. The summed E-state index contributed by atoms with van der Waals surface area (Å²) in [6.07, 6.45) is 1.97. The molecule has 1 aromatic rings. The molecule has 20 heavy (non-hydrogen) atoms. The SMILES string of the molecule is Cc1ccc(S(=O)(=O)N2CC(C)CCC2C)cc1CO. The lowest BCUT2D eigenvalue weighted by atomic mass is 9.97. The van der Waals surface area contributed by atoms with Gasteiger partial charge in [-0.2, -0.15) is 4.31 Å². The molecule has 1 fully saturated rings. The van der Waals surface area contributed by atoms with Crippen LogP contribution in [0.5, 0.6) is 0 Å². The van der Waals surface area contributed by atoms with Crippen molar-refractivity contribution in [3.8, 4) is 0 Å². The number of benzene rings is 1. The Balaban J connectivity index is 2.39. The van der Waals surface area contributed by atoms with Crippen molar-refractivity contribution < 1.29 is 13.5 Å². The standard InChI is InChI=1S/C15H23NO3S/c1-11-4-6-13(3)16(9-11)20(18,19)15-7-5-12(2)14(8-15)10-17/h5,7-8,11,13,17H,4,6,9-10H2,1-3H3. The molecule has 0 saturated carbocycles. The van der Waals surface area contributed by atoms with Gasteiger partial charge in [0, 0.05) is 12.6 Å². The molecule has 2 unspecified atom stereocenters. The smallest absolute Gasteiger partial charge is 0.243 e. The minimum atomic E-state index is -3.47. The molecule has 5 heteroatoms. The maximum absolute atomic E-state index is 12.8. The van der Waals surface area contributed by atoms with Crippen molar-refractivity contribution >= 4 is 10.0 Å². The van der Waals surface area contributed by atoms with Crippen molar-refractivity contribution in [2.24, 2.45) is 5.92 Å². The predicted octanol–water partition coefficient (Wildman–Crippen LogP) is 2.30. The number of hydrogen-bond donors (Lipinski definition) is 1. The lowest BCUT2D eigenvalue weighted by Gasteiger charge is -2.35. The van der Waals surface area contributed by atoms with E-state index in [1.807, 2.05) is 13.8 Å². The highest BCUT2D eigenvalue weighted by Crippen LogP contribution is 2.28. The second kappa shape index (κ2) is 5.84. The highest BCUT2D eigenvalue weighted by Gasteiger charge is 2.33. The van der Waals surface area contributed by atoms with Crippen LogP contribution in [0.25, 0.3) is 0 Å². The van der Waals surface area contributed by atoms with Gasteiger partial charge in [0.15, 0.2) is 0 Å². The molecule has 0 aliphatic carbocycles. The van der Waals surface area contributed by atoms with Gasteiger partial charge in [0.1, 0.15) is 0 Å². The number of sulfonamides is 1. The van der Waals surface area contributed by atoms with Gasteiger partial charge in [0.05, 0.1) is 11.5 Å². The van der Waals surface area contributed by atoms with Crippen LogP contribution in [0.4, 0.5) is 0 Å². The third-order valence-electron chi connectivity index (χ3n) is 4.16. The van der Waals surface area contributed by atoms with E-state index in [0.717, 1.165) is 18.4 Å². The van der Waals surface area contributed by atoms with Gasteiger partial charge in [-0.15, -0.1) is 0 Å². The first-order valence-electron chi connectivity index (χ1n) is 7.08. The van der Waals surface area contributed by atoms with E-state index in [1.54, 1.807) is 22.5 Å². The third-order valence-corrected chi connectivity index (χ3v) is 6.13. The Kier molecular flexibility index (Phi) is 4.52. The van der Waals surface area contributed by atoms with Crippen molar-refractivity contribution in [3.05, 3.63) is 29.3 Å².